The average Bonchev–Trinajstić information content (AvgIpc) is 2.51. The maximum Gasteiger partial charge on any atom is 0.191 e. The Morgan fingerprint density at radius 1 is 1.24 bits per heavy atom. The Balaban J connectivity index is 0.00000576. The summed E-state index contributed by atoms with van der Waals surface area (Å²) in [4.78, 5) is 4.08. The van der Waals surface area contributed by atoms with E-state index in [1.165, 1.54) is 6.26 Å². The van der Waals surface area contributed by atoms with Crippen molar-refractivity contribution in [2.24, 2.45) is 4.99 Å². The van der Waals surface area contributed by atoms with E-state index in [4.69, 9.17) is 9.47 Å². The second kappa shape index (κ2) is 12.3. The van der Waals surface area contributed by atoms with Crippen molar-refractivity contribution in [3.63, 3.8) is 0 Å². The van der Waals surface area contributed by atoms with Gasteiger partial charge < -0.3 is 20.1 Å². The summed E-state index contributed by atoms with van der Waals surface area (Å²) in [7, 11) is 0.276. The molecule has 0 unspecified atom stereocenters. The zero-order valence-corrected chi connectivity index (χ0v) is 18.3. The number of benzene rings is 1. The van der Waals surface area contributed by atoms with Crippen LogP contribution in [0.2, 0.25) is 0 Å². The van der Waals surface area contributed by atoms with Gasteiger partial charge in [0.1, 0.15) is 22.2 Å². The lowest BCUT2D eigenvalue weighted by molar-refractivity contribution is 0.145. The number of hydrogen-bond donors (Lipinski definition) is 2. The van der Waals surface area contributed by atoms with Crippen LogP contribution in [-0.2, 0) is 21.1 Å². The highest BCUT2D eigenvalue weighted by Crippen LogP contribution is 2.20. The molecule has 0 spiro atoms. The molecular weight excluding hydrogens is 457 g/mol. The molecule has 0 aliphatic heterocycles. The van der Waals surface area contributed by atoms with Gasteiger partial charge in [0.25, 0.3) is 0 Å². The van der Waals surface area contributed by atoms with Crippen molar-refractivity contribution in [1.82, 2.24) is 10.6 Å². The minimum Gasteiger partial charge on any atom is -0.491 e. The third-order valence-corrected chi connectivity index (χ3v) is 4.15. The molecule has 0 atom stereocenters. The van der Waals surface area contributed by atoms with Crippen LogP contribution in [0, 0.1) is 6.92 Å². The van der Waals surface area contributed by atoms with E-state index in [0.29, 0.717) is 32.3 Å². The van der Waals surface area contributed by atoms with Gasteiger partial charge in [-0.25, -0.2) is 8.42 Å². The SMILES string of the molecule is CN=C(NCCS(C)(=O)=O)NCc1ccc(C)cc1OCCOC.I. The molecule has 25 heavy (non-hydrogen) atoms. The first-order valence-corrected chi connectivity index (χ1v) is 9.75. The van der Waals surface area contributed by atoms with E-state index in [2.05, 4.69) is 15.6 Å². The van der Waals surface area contributed by atoms with Crippen LogP contribution in [0.3, 0.4) is 0 Å². The largest absolute Gasteiger partial charge is 0.491 e. The number of methoxy groups -OCH3 is 1. The van der Waals surface area contributed by atoms with Gasteiger partial charge in [-0.3, -0.25) is 4.99 Å². The van der Waals surface area contributed by atoms with Gasteiger partial charge in [0.15, 0.2) is 5.96 Å². The lowest BCUT2D eigenvalue weighted by Gasteiger charge is -2.15. The van der Waals surface area contributed by atoms with E-state index in [9.17, 15) is 8.42 Å². The van der Waals surface area contributed by atoms with E-state index >= 15 is 0 Å². The molecule has 2 N–H and O–H groups in total. The number of nitrogens with one attached hydrogen (secondary N) is 2. The third kappa shape index (κ3) is 10.5. The van der Waals surface area contributed by atoms with Gasteiger partial charge in [-0.15, -0.1) is 24.0 Å². The second-order valence-electron chi connectivity index (χ2n) is 5.43. The molecule has 1 rings (SSSR count). The van der Waals surface area contributed by atoms with Gasteiger partial charge in [-0.1, -0.05) is 12.1 Å². The van der Waals surface area contributed by atoms with E-state index in [1.54, 1.807) is 14.2 Å². The van der Waals surface area contributed by atoms with Crippen LogP contribution in [0.4, 0.5) is 0 Å². The average molecular weight is 485 g/mol. The number of rotatable bonds is 9. The van der Waals surface area contributed by atoms with Crippen molar-refractivity contribution < 1.29 is 17.9 Å². The number of ether oxygens (including phenoxy) is 2. The highest BCUT2D eigenvalue weighted by atomic mass is 127. The summed E-state index contributed by atoms with van der Waals surface area (Å²) in [5, 5.41) is 6.13. The van der Waals surface area contributed by atoms with Gasteiger partial charge in [0.2, 0.25) is 0 Å². The minimum absolute atomic E-state index is 0. The molecule has 0 saturated carbocycles. The van der Waals surface area contributed by atoms with Crippen LogP contribution in [0.15, 0.2) is 23.2 Å². The van der Waals surface area contributed by atoms with Gasteiger partial charge in [0.05, 0.1) is 12.4 Å². The third-order valence-electron chi connectivity index (χ3n) is 3.20. The summed E-state index contributed by atoms with van der Waals surface area (Å²) in [6.07, 6.45) is 1.21. The molecule has 0 aliphatic carbocycles. The van der Waals surface area contributed by atoms with Crippen LogP contribution in [-0.4, -0.2) is 60.3 Å². The summed E-state index contributed by atoms with van der Waals surface area (Å²) in [5.41, 5.74) is 2.10. The Morgan fingerprint density at radius 2 is 1.96 bits per heavy atom. The van der Waals surface area contributed by atoms with Crippen molar-refractivity contribution in [2.75, 3.05) is 45.9 Å². The number of aryl methyl sites for hydroxylation is 1. The second-order valence-corrected chi connectivity index (χ2v) is 7.69. The standard InChI is InChI=1S/C16H27N3O4S.HI/c1-13-5-6-14(15(11-13)23-9-8-22-3)12-19-16(17-2)18-7-10-24(4,20)21;/h5-6,11H,7-10,12H2,1-4H3,(H2,17,18,19);1H. The molecule has 1 aromatic carbocycles. The molecule has 1 aromatic rings. The Morgan fingerprint density at radius 3 is 2.56 bits per heavy atom. The first-order valence-electron chi connectivity index (χ1n) is 7.69. The summed E-state index contributed by atoms with van der Waals surface area (Å²) >= 11 is 0. The van der Waals surface area contributed by atoms with Crippen molar-refractivity contribution in [3.05, 3.63) is 29.3 Å². The molecule has 0 bridgehead atoms. The molecule has 0 heterocycles. The Bertz CT molecular complexity index is 651. The highest BCUT2D eigenvalue weighted by Gasteiger charge is 2.07. The molecule has 9 heteroatoms. The quantitative estimate of drug-likeness (QED) is 0.238. The fraction of sp³-hybridized carbons (Fsp3) is 0.562. The summed E-state index contributed by atoms with van der Waals surface area (Å²) in [5.74, 6) is 1.40. The number of aliphatic imine (C=N–C) groups is 1. The minimum atomic E-state index is -3.00. The molecule has 7 nitrogen and oxygen atoms in total. The zero-order valence-electron chi connectivity index (χ0n) is 15.2. The van der Waals surface area contributed by atoms with Crippen molar-refractivity contribution >= 4 is 39.8 Å². The fourth-order valence-electron chi connectivity index (χ4n) is 1.93. The molecule has 144 valence electrons. The molecule has 0 radical (unpaired) electrons. The maximum atomic E-state index is 11.2. The lowest BCUT2D eigenvalue weighted by atomic mass is 10.1. The van der Waals surface area contributed by atoms with E-state index in [-0.39, 0.29) is 29.7 Å². The van der Waals surface area contributed by atoms with Crippen molar-refractivity contribution in [1.29, 1.82) is 0 Å². The molecule has 0 amide bonds. The number of halogens is 1. The molecule has 0 fully saturated rings. The monoisotopic (exact) mass is 485 g/mol. The van der Waals surface area contributed by atoms with Crippen molar-refractivity contribution in [3.8, 4) is 5.75 Å². The maximum absolute atomic E-state index is 11.2. The Kier molecular flexibility index (Phi) is 11.8. The zero-order chi connectivity index (χ0) is 18.0. The topological polar surface area (TPSA) is 89.0 Å². The highest BCUT2D eigenvalue weighted by molar-refractivity contribution is 14.0. The number of nitrogens with zero attached hydrogens (tertiary/aromatic N) is 1. The van der Waals surface area contributed by atoms with Gasteiger partial charge in [-0.2, -0.15) is 0 Å². The van der Waals surface area contributed by atoms with E-state index in [1.807, 2.05) is 25.1 Å². The molecule has 0 saturated heterocycles. The summed E-state index contributed by atoms with van der Waals surface area (Å²) < 4.78 is 33.1. The van der Waals surface area contributed by atoms with Crippen molar-refractivity contribution in [2.45, 2.75) is 13.5 Å². The first kappa shape index (κ1) is 23.9. The predicted molar refractivity (Wildman–Crippen MR) is 112 cm³/mol. The van der Waals surface area contributed by atoms with Crippen LogP contribution < -0.4 is 15.4 Å². The first-order chi connectivity index (χ1) is 11.4. The Labute approximate surface area is 167 Å². The van der Waals surface area contributed by atoms with Gasteiger partial charge >= 0.3 is 0 Å². The fourth-order valence-corrected chi connectivity index (χ4v) is 2.40. The van der Waals surface area contributed by atoms with Gasteiger partial charge in [-0.05, 0) is 18.6 Å². The molecular formula is C16H28IN3O4S. The number of guanidine groups is 1. The molecule has 0 aliphatic rings. The normalized spacial score (nSPS) is 11.6. The number of hydrogen-bond acceptors (Lipinski definition) is 5. The van der Waals surface area contributed by atoms with Crippen LogP contribution in [0.1, 0.15) is 11.1 Å². The van der Waals surface area contributed by atoms with Crippen LogP contribution >= 0.6 is 24.0 Å². The Hall–Kier alpha value is -1.07. The summed E-state index contributed by atoms with van der Waals surface area (Å²) in [6, 6.07) is 5.99. The van der Waals surface area contributed by atoms with Gasteiger partial charge in [0, 0.05) is 39.1 Å². The number of sulfone groups is 1. The molecule has 0 aromatic heterocycles. The van der Waals surface area contributed by atoms with Crippen LogP contribution in [0.25, 0.3) is 0 Å². The smallest absolute Gasteiger partial charge is 0.191 e. The van der Waals surface area contributed by atoms with E-state index < -0.39 is 9.84 Å². The predicted octanol–water partition coefficient (Wildman–Crippen LogP) is 1.35. The lowest BCUT2D eigenvalue weighted by Crippen LogP contribution is -2.39. The summed E-state index contributed by atoms with van der Waals surface area (Å²) in [6.45, 7) is 3.83. The van der Waals surface area contributed by atoms with Crippen LogP contribution in [0.5, 0.6) is 5.75 Å². The van der Waals surface area contributed by atoms with E-state index in [0.717, 1.165) is 16.9 Å².